The molecule has 3 aromatic rings. The number of rotatable bonds is 5. The van der Waals surface area contributed by atoms with E-state index in [1.165, 1.54) is 0 Å². The summed E-state index contributed by atoms with van der Waals surface area (Å²) in [6.07, 6.45) is 3.73. The third kappa shape index (κ3) is 4.33. The molecule has 10 nitrogen and oxygen atoms in total. The number of aromatic nitrogens is 4. The van der Waals surface area contributed by atoms with Gasteiger partial charge in [-0.05, 0) is 25.1 Å². The maximum absolute atomic E-state index is 11.6. The molecule has 2 fully saturated rings. The number of carbonyl (C=O) groups excluding carboxylic acids is 2. The Hall–Kier alpha value is -3.69. The lowest BCUT2D eigenvalue weighted by atomic mass is 10.0. The second-order valence-corrected chi connectivity index (χ2v) is 8.60. The summed E-state index contributed by atoms with van der Waals surface area (Å²) in [6.45, 7) is 7.18. The van der Waals surface area contributed by atoms with Gasteiger partial charge in [0.15, 0.2) is 5.52 Å². The number of hydrogen-bond acceptors (Lipinski definition) is 7. The molecule has 172 valence electrons. The van der Waals surface area contributed by atoms with E-state index in [4.69, 9.17) is 9.72 Å². The van der Waals surface area contributed by atoms with Crippen LogP contribution < -0.4 is 15.0 Å². The molecule has 5 rings (SSSR count). The number of ether oxygens (including phenoxy) is 1. The van der Waals surface area contributed by atoms with E-state index in [1.54, 1.807) is 13.3 Å². The highest BCUT2D eigenvalue weighted by atomic mass is 16.5. The lowest BCUT2D eigenvalue weighted by Crippen LogP contribution is -2.48. The topological polar surface area (TPSA) is 116 Å². The number of fused-ring (bicyclic) bond motifs is 1. The number of carbonyl (C=O) groups is 2. The molecule has 0 radical (unpaired) electrons. The van der Waals surface area contributed by atoms with Crippen LogP contribution in [0.15, 0.2) is 30.7 Å². The number of nitrogens with one attached hydrogen (secondary N) is 2. The number of imidazole rings is 1. The van der Waals surface area contributed by atoms with Gasteiger partial charge in [0, 0.05) is 52.0 Å². The van der Waals surface area contributed by atoms with Crippen LogP contribution in [0.2, 0.25) is 0 Å². The number of hydrogen-bond donors (Lipinski definition) is 2. The number of aromatic amines is 1. The first-order valence-electron chi connectivity index (χ1n) is 11.2. The van der Waals surface area contributed by atoms with Crippen molar-refractivity contribution >= 4 is 28.5 Å². The number of nitrogens with zero attached hydrogens (tertiary/aromatic N) is 5. The Kier molecular flexibility index (Phi) is 5.57. The van der Waals surface area contributed by atoms with Crippen LogP contribution in [0.3, 0.4) is 0 Å². The number of piperazine rings is 1. The molecule has 5 heterocycles. The van der Waals surface area contributed by atoms with Crippen molar-refractivity contribution in [2.45, 2.75) is 26.4 Å². The summed E-state index contributed by atoms with van der Waals surface area (Å²) in [7, 11) is 0. The molecule has 0 spiro atoms. The molecule has 2 amide bonds. The molecule has 0 bridgehead atoms. The minimum Gasteiger partial charge on any atom is -0.473 e. The van der Waals surface area contributed by atoms with Gasteiger partial charge in [-0.15, -0.1) is 0 Å². The van der Waals surface area contributed by atoms with E-state index in [9.17, 15) is 9.59 Å². The average molecular weight is 450 g/mol. The first-order valence-corrected chi connectivity index (χ1v) is 11.2. The molecule has 0 aliphatic carbocycles. The number of pyridine rings is 2. The molecule has 0 aromatic carbocycles. The molecular formula is C23H27N7O3. The maximum atomic E-state index is 11.6. The molecular weight excluding hydrogens is 422 g/mol. The van der Waals surface area contributed by atoms with E-state index >= 15 is 0 Å². The summed E-state index contributed by atoms with van der Waals surface area (Å²) in [5.74, 6) is 0.695. The number of H-pyrrole nitrogens is 1. The van der Waals surface area contributed by atoms with E-state index in [-0.39, 0.29) is 23.8 Å². The Labute approximate surface area is 191 Å². The third-order valence-corrected chi connectivity index (χ3v) is 6.45. The average Bonchev–Trinajstić information content (AvgIpc) is 3.48. The van der Waals surface area contributed by atoms with E-state index in [0.29, 0.717) is 30.1 Å². The summed E-state index contributed by atoms with van der Waals surface area (Å²) in [4.78, 5) is 44.1. The lowest BCUT2D eigenvalue weighted by molar-refractivity contribution is -0.129. The fourth-order valence-electron chi connectivity index (χ4n) is 4.37. The normalized spacial score (nSPS) is 19.6. The van der Waals surface area contributed by atoms with Crippen LogP contribution >= 0.6 is 0 Å². The van der Waals surface area contributed by atoms with Crippen LogP contribution in [0, 0.1) is 5.92 Å². The van der Waals surface area contributed by atoms with Gasteiger partial charge in [0.25, 0.3) is 0 Å². The molecule has 2 saturated heterocycles. The van der Waals surface area contributed by atoms with Crippen molar-refractivity contribution in [2.75, 3.05) is 37.6 Å². The van der Waals surface area contributed by atoms with E-state index < -0.39 is 0 Å². The van der Waals surface area contributed by atoms with E-state index in [1.807, 2.05) is 36.2 Å². The lowest BCUT2D eigenvalue weighted by Gasteiger charge is -2.35. The molecule has 2 aliphatic rings. The van der Waals surface area contributed by atoms with Crippen LogP contribution in [-0.4, -0.2) is 75.5 Å². The Morgan fingerprint density at radius 2 is 2.00 bits per heavy atom. The number of amides is 2. The highest BCUT2D eigenvalue weighted by molar-refractivity contribution is 5.83. The molecule has 33 heavy (non-hydrogen) atoms. The van der Waals surface area contributed by atoms with Crippen molar-refractivity contribution in [1.82, 2.24) is 30.2 Å². The van der Waals surface area contributed by atoms with Crippen molar-refractivity contribution in [2.24, 2.45) is 5.92 Å². The standard InChI is InChI=1S/C23H27N7O3/c1-14(16-9-21(32)25-11-16)33-23-22-20(26-13-27-22)10-19(28-23)18-4-3-17(12-24-18)30-7-5-29(6-8-30)15(2)31/h3-4,10,12-14,16H,5-9,11H2,1-2H3,(H,25,32)(H,26,27)/t14-,16-/m1/s1. The SMILES string of the molecule is CC(=O)N1CCN(c2ccc(-c3cc4[nH]cnc4c(O[C@H](C)[C@H]4CNC(=O)C4)n3)nc2)CC1. The zero-order valence-electron chi connectivity index (χ0n) is 18.7. The largest absolute Gasteiger partial charge is 0.473 e. The molecule has 2 N–H and O–H groups in total. The van der Waals surface area contributed by atoms with E-state index in [0.717, 1.165) is 43.1 Å². The van der Waals surface area contributed by atoms with Gasteiger partial charge in [-0.25, -0.2) is 9.97 Å². The van der Waals surface area contributed by atoms with Gasteiger partial charge >= 0.3 is 0 Å². The fourth-order valence-corrected chi connectivity index (χ4v) is 4.37. The molecule has 10 heteroatoms. The second kappa shape index (κ2) is 8.68. The van der Waals surface area contributed by atoms with Crippen molar-refractivity contribution < 1.29 is 14.3 Å². The second-order valence-electron chi connectivity index (χ2n) is 8.60. The van der Waals surface area contributed by atoms with Gasteiger partial charge in [0.1, 0.15) is 6.10 Å². The highest BCUT2D eigenvalue weighted by Crippen LogP contribution is 2.29. The Morgan fingerprint density at radius 3 is 2.67 bits per heavy atom. The first-order chi connectivity index (χ1) is 16.0. The predicted octanol–water partition coefficient (Wildman–Crippen LogP) is 1.59. The minimum atomic E-state index is -0.185. The molecule has 2 atom stereocenters. The van der Waals surface area contributed by atoms with Crippen LogP contribution in [0.1, 0.15) is 20.3 Å². The zero-order chi connectivity index (χ0) is 22.9. The first kappa shape index (κ1) is 21.2. The Morgan fingerprint density at radius 1 is 1.18 bits per heavy atom. The third-order valence-electron chi connectivity index (χ3n) is 6.45. The van der Waals surface area contributed by atoms with Crippen LogP contribution in [0.5, 0.6) is 5.88 Å². The predicted molar refractivity (Wildman–Crippen MR) is 123 cm³/mol. The van der Waals surface area contributed by atoms with Crippen molar-refractivity contribution in [3.8, 4) is 17.3 Å². The van der Waals surface area contributed by atoms with Gasteiger partial charge < -0.3 is 24.8 Å². The summed E-state index contributed by atoms with van der Waals surface area (Å²) >= 11 is 0. The van der Waals surface area contributed by atoms with Gasteiger partial charge in [0.2, 0.25) is 17.7 Å². The quantitative estimate of drug-likeness (QED) is 0.608. The highest BCUT2D eigenvalue weighted by Gasteiger charge is 2.29. The molecule has 0 unspecified atom stereocenters. The molecule has 2 aliphatic heterocycles. The summed E-state index contributed by atoms with van der Waals surface area (Å²) < 4.78 is 6.17. The van der Waals surface area contributed by atoms with Gasteiger partial charge in [-0.1, -0.05) is 0 Å². The van der Waals surface area contributed by atoms with Crippen LogP contribution in [0.25, 0.3) is 22.4 Å². The summed E-state index contributed by atoms with van der Waals surface area (Å²) in [6, 6.07) is 5.89. The number of anilines is 1. The van der Waals surface area contributed by atoms with Crippen LogP contribution in [0.4, 0.5) is 5.69 Å². The summed E-state index contributed by atoms with van der Waals surface area (Å²) in [5.41, 5.74) is 3.90. The van der Waals surface area contributed by atoms with Crippen molar-refractivity contribution in [3.05, 3.63) is 30.7 Å². The Balaban J connectivity index is 1.35. The molecule has 0 saturated carbocycles. The zero-order valence-corrected chi connectivity index (χ0v) is 18.7. The Bertz CT molecular complexity index is 1170. The van der Waals surface area contributed by atoms with Crippen molar-refractivity contribution in [3.63, 3.8) is 0 Å². The monoisotopic (exact) mass is 449 g/mol. The van der Waals surface area contributed by atoms with Gasteiger partial charge in [0.05, 0.1) is 35.1 Å². The molecule has 3 aromatic heterocycles. The van der Waals surface area contributed by atoms with Crippen molar-refractivity contribution in [1.29, 1.82) is 0 Å². The minimum absolute atomic E-state index is 0.0501. The van der Waals surface area contributed by atoms with Gasteiger partial charge in [-0.2, -0.15) is 0 Å². The van der Waals surface area contributed by atoms with Crippen LogP contribution in [-0.2, 0) is 9.59 Å². The van der Waals surface area contributed by atoms with Gasteiger partial charge in [-0.3, -0.25) is 14.6 Å². The fraction of sp³-hybridized carbons (Fsp3) is 0.435. The summed E-state index contributed by atoms with van der Waals surface area (Å²) in [5, 5.41) is 2.85. The maximum Gasteiger partial charge on any atom is 0.243 e. The smallest absolute Gasteiger partial charge is 0.243 e. The van der Waals surface area contributed by atoms with E-state index in [2.05, 4.69) is 25.2 Å².